The van der Waals surface area contributed by atoms with Crippen LogP contribution in [0, 0.1) is 0 Å². The van der Waals surface area contributed by atoms with Crippen molar-refractivity contribution in [2.75, 3.05) is 33.5 Å². The van der Waals surface area contributed by atoms with Gasteiger partial charge in [0.25, 0.3) is 0 Å². The second-order valence-electron chi connectivity index (χ2n) is 8.27. The van der Waals surface area contributed by atoms with Gasteiger partial charge in [0, 0.05) is 18.6 Å². The van der Waals surface area contributed by atoms with Crippen molar-refractivity contribution in [3.8, 4) is 11.5 Å². The molecule has 2 aromatic carbocycles. The number of benzene rings is 2. The van der Waals surface area contributed by atoms with Crippen LogP contribution in [0.5, 0.6) is 11.5 Å². The monoisotopic (exact) mass is 487 g/mol. The predicted molar refractivity (Wildman–Crippen MR) is 120 cm³/mol. The summed E-state index contributed by atoms with van der Waals surface area (Å²) in [5, 5.41) is 3.59. The molecule has 0 radical (unpaired) electrons. The minimum atomic E-state index is -4.76. The van der Waals surface area contributed by atoms with E-state index >= 15 is 0 Å². The lowest BCUT2D eigenvalue weighted by Gasteiger charge is -2.41. The fourth-order valence-corrected chi connectivity index (χ4v) is 4.82. The molecule has 0 aromatic heterocycles. The summed E-state index contributed by atoms with van der Waals surface area (Å²) in [6.45, 7) is 1.98. The Morgan fingerprint density at radius 1 is 1.12 bits per heavy atom. The number of methoxy groups -OCH3 is 1. The van der Waals surface area contributed by atoms with Crippen molar-refractivity contribution in [2.45, 2.75) is 43.2 Å². The van der Waals surface area contributed by atoms with Gasteiger partial charge in [0.15, 0.2) is 0 Å². The molecule has 0 unspecified atom stereocenters. The van der Waals surface area contributed by atoms with Crippen LogP contribution in [0.25, 0.3) is 0 Å². The Morgan fingerprint density at radius 3 is 2.64 bits per heavy atom. The molecule has 0 bridgehead atoms. The number of piperidine rings is 1. The van der Waals surface area contributed by atoms with Gasteiger partial charge in [0.2, 0.25) is 0 Å². The molecule has 0 amide bonds. The van der Waals surface area contributed by atoms with Crippen LogP contribution in [0.15, 0.2) is 48.5 Å². The quantitative estimate of drug-likeness (QED) is 0.530. The van der Waals surface area contributed by atoms with Crippen molar-refractivity contribution in [3.05, 3.63) is 59.7 Å². The average molecular weight is 488 g/mol. The largest absolute Gasteiger partial charge is 0.573 e. The highest BCUT2D eigenvalue weighted by Crippen LogP contribution is 2.50. The fourth-order valence-electron chi connectivity index (χ4n) is 4.82. The van der Waals surface area contributed by atoms with Gasteiger partial charge in [-0.3, -0.25) is 0 Å². The van der Waals surface area contributed by atoms with Crippen LogP contribution in [0.4, 0.5) is 13.2 Å². The summed E-state index contributed by atoms with van der Waals surface area (Å²) < 4.78 is 59.9. The Morgan fingerprint density at radius 2 is 1.91 bits per heavy atom. The molecule has 2 fully saturated rings. The van der Waals surface area contributed by atoms with Crippen LogP contribution in [-0.4, -0.2) is 45.4 Å². The van der Waals surface area contributed by atoms with Crippen molar-refractivity contribution >= 4 is 12.4 Å². The molecule has 1 N–H and O–H groups in total. The molecule has 2 aliphatic rings. The smallest absolute Gasteiger partial charge is 0.491 e. The highest BCUT2D eigenvalue weighted by atomic mass is 35.5. The molecule has 33 heavy (non-hydrogen) atoms. The van der Waals surface area contributed by atoms with E-state index in [0.29, 0.717) is 37.6 Å². The predicted octanol–water partition coefficient (Wildman–Crippen LogP) is 5.40. The van der Waals surface area contributed by atoms with Gasteiger partial charge in [-0.1, -0.05) is 30.3 Å². The summed E-state index contributed by atoms with van der Waals surface area (Å²) in [4.78, 5) is 0. The van der Waals surface area contributed by atoms with E-state index in [1.54, 1.807) is 7.11 Å². The van der Waals surface area contributed by atoms with Crippen LogP contribution in [0.1, 0.15) is 42.3 Å². The van der Waals surface area contributed by atoms with Crippen LogP contribution < -0.4 is 14.8 Å². The first-order valence-electron chi connectivity index (χ1n) is 10.8. The summed E-state index contributed by atoms with van der Waals surface area (Å²) in [7, 11) is 1.57. The number of ether oxygens (including phenoxy) is 4. The zero-order valence-electron chi connectivity index (χ0n) is 18.4. The van der Waals surface area contributed by atoms with Crippen LogP contribution in [0.3, 0.4) is 0 Å². The molecule has 3 atom stereocenters. The van der Waals surface area contributed by atoms with Crippen LogP contribution >= 0.6 is 12.4 Å². The summed E-state index contributed by atoms with van der Waals surface area (Å²) >= 11 is 0. The first-order valence-corrected chi connectivity index (χ1v) is 10.8. The van der Waals surface area contributed by atoms with Crippen molar-refractivity contribution in [3.63, 3.8) is 0 Å². The molecule has 2 heterocycles. The molecule has 9 heteroatoms. The molecule has 2 saturated heterocycles. The topological polar surface area (TPSA) is 49.0 Å². The van der Waals surface area contributed by atoms with E-state index in [1.807, 2.05) is 18.2 Å². The SMILES string of the molecule is COCCOc1ccc(OC(F)(F)F)cc1[C@@H]1CO[C@]2(CCCN[C@H]2c2ccccc2)C1.Cl. The van der Waals surface area contributed by atoms with E-state index in [2.05, 4.69) is 22.2 Å². The molecule has 2 aliphatic heterocycles. The van der Waals surface area contributed by atoms with E-state index in [-0.39, 0.29) is 30.1 Å². The molecule has 2 aromatic rings. The minimum Gasteiger partial charge on any atom is -0.491 e. The van der Waals surface area contributed by atoms with Crippen molar-refractivity contribution in [1.82, 2.24) is 5.32 Å². The Bertz CT molecular complexity index is 899. The Kier molecular flexibility index (Phi) is 8.50. The Labute approximate surface area is 198 Å². The third-order valence-electron chi connectivity index (χ3n) is 6.15. The number of rotatable bonds is 7. The van der Waals surface area contributed by atoms with E-state index < -0.39 is 12.0 Å². The normalized spacial score (nSPS) is 25.0. The number of hydrogen-bond acceptors (Lipinski definition) is 5. The highest BCUT2D eigenvalue weighted by Gasteiger charge is 2.49. The van der Waals surface area contributed by atoms with E-state index in [0.717, 1.165) is 24.9 Å². The Hall–Kier alpha value is -2.00. The van der Waals surface area contributed by atoms with Gasteiger partial charge in [-0.25, -0.2) is 0 Å². The van der Waals surface area contributed by atoms with E-state index in [4.69, 9.17) is 14.2 Å². The zero-order chi connectivity index (χ0) is 22.6. The number of alkyl halides is 3. The molecular weight excluding hydrogens is 459 g/mol. The maximum Gasteiger partial charge on any atom is 0.573 e. The Balaban J connectivity index is 0.00000306. The molecule has 5 nitrogen and oxygen atoms in total. The maximum atomic E-state index is 12.8. The fraction of sp³-hybridized carbons (Fsp3) is 0.500. The van der Waals surface area contributed by atoms with Gasteiger partial charge in [0.05, 0.1) is 24.9 Å². The highest BCUT2D eigenvalue weighted by molar-refractivity contribution is 5.85. The summed E-state index contributed by atoms with van der Waals surface area (Å²) in [5.41, 5.74) is 1.39. The second-order valence-corrected chi connectivity index (χ2v) is 8.27. The van der Waals surface area contributed by atoms with Gasteiger partial charge in [0.1, 0.15) is 18.1 Å². The van der Waals surface area contributed by atoms with Crippen molar-refractivity contribution in [1.29, 1.82) is 0 Å². The lowest BCUT2D eigenvalue weighted by Crippen LogP contribution is -2.48. The van der Waals surface area contributed by atoms with Crippen LogP contribution in [0.2, 0.25) is 0 Å². The lowest BCUT2D eigenvalue weighted by atomic mass is 9.77. The van der Waals surface area contributed by atoms with Gasteiger partial charge in [-0.05, 0) is 49.6 Å². The van der Waals surface area contributed by atoms with E-state index in [1.165, 1.54) is 18.2 Å². The van der Waals surface area contributed by atoms with Gasteiger partial charge >= 0.3 is 6.36 Å². The molecule has 0 saturated carbocycles. The van der Waals surface area contributed by atoms with Gasteiger partial charge in [-0.15, -0.1) is 25.6 Å². The number of hydrogen-bond donors (Lipinski definition) is 1. The molecule has 182 valence electrons. The zero-order valence-corrected chi connectivity index (χ0v) is 19.2. The van der Waals surface area contributed by atoms with Gasteiger partial charge in [-0.2, -0.15) is 0 Å². The second kappa shape index (κ2) is 11.0. The van der Waals surface area contributed by atoms with Crippen molar-refractivity contribution < 1.29 is 32.1 Å². The molecule has 1 spiro atoms. The minimum absolute atomic E-state index is 0. The molecule has 4 rings (SSSR count). The van der Waals surface area contributed by atoms with Crippen molar-refractivity contribution in [2.24, 2.45) is 0 Å². The maximum absolute atomic E-state index is 12.8. The molecule has 0 aliphatic carbocycles. The standard InChI is InChI=1S/C24H28F3NO4.ClH/c1-29-12-13-30-21-9-8-19(32-24(25,26)27)14-20(21)18-15-23(31-16-18)10-5-11-28-22(23)17-6-3-2-4-7-17;/h2-4,6-9,14,18,22,28H,5,10-13,15-16H2,1H3;1H/t18-,22-,23+;/m0./s1. The summed E-state index contributed by atoms with van der Waals surface area (Å²) in [6, 6.07) is 14.4. The van der Waals surface area contributed by atoms with E-state index in [9.17, 15) is 13.2 Å². The third kappa shape index (κ3) is 6.12. The number of nitrogens with one attached hydrogen (secondary N) is 1. The molecular formula is C24H29ClF3NO4. The third-order valence-corrected chi connectivity index (χ3v) is 6.15. The summed E-state index contributed by atoms with van der Waals surface area (Å²) in [6.07, 6.45) is -2.22. The average Bonchev–Trinajstić information content (AvgIpc) is 3.18. The first-order chi connectivity index (χ1) is 15.4. The lowest BCUT2D eigenvalue weighted by molar-refractivity contribution is -0.274. The van der Waals surface area contributed by atoms with Gasteiger partial charge < -0.3 is 24.3 Å². The van der Waals surface area contributed by atoms with Crippen LogP contribution in [-0.2, 0) is 9.47 Å². The number of halogens is 4. The first kappa shape index (κ1) is 25.6. The summed E-state index contributed by atoms with van der Waals surface area (Å²) in [5.74, 6) is 0.159.